The molecule has 1 aliphatic rings. The van der Waals surface area contributed by atoms with E-state index in [2.05, 4.69) is 0 Å². The number of rotatable bonds is 2. The van der Waals surface area contributed by atoms with Crippen molar-refractivity contribution in [3.8, 4) is 0 Å². The molecule has 0 bridgehead atoms. The van der Waals surface area contributed by atoms with Crippen LogP contribution in [0.3, 0.4) is 0 Å². The van der Waals surface area contributed by atoms with Crippen molar-refractivity contribution in [1.29, 1.82) is 0 Å². The Labute approximate surface area is 113 Å². The molecule has 0 unspecified atom stereocenters. The number of hydrogen-bond acceptors (Lipinski definition) is 3. The molecule has 0 saturated carbocycles. The topological polar surface area (TPSA) is 53.8 Å². The molecule has 2 heterocycles. The lowest BCUT2D eigenvalue weighted by molar-refractivity contribution is -0.134. The van der Waals surface area contributed by atoms with E-state index in [1.807, 2.05) is 18.7 Å². The Bertz CT molecular complexity index is 440. The van der Waals surface area contributed by atoms with E-state index in [0.29, 0.717) is 25.4 Å². The van der Waals surface area contributed by atoms with Crippen LogP contribution in [0.4, 0.5) is 0 Å². The van der Waals surface area contributed by atoms with Crippen molar-refractivity contribution in [3.63, 3.8) is 0 Å². The fourth-order valence-corrected chi connectivity index (χ4v) is 2.26. The largest absolute Gasteiger partial charge is 0.459 e. The summed E-state index contributed by atoms with van der Waals surface area (Å²) in [4.78, 5) is 27.7. The van der Waals surface area contributed by atoms with E-state index in [1.54, 1.807) is 17.0 Å². The molecular weight excluding hydrogens is 244 g/mol. The van der Waals surface area contributed by atoms with Crippen molar-refractivity contribution in [3.05, 3.63) is 24.2 Å². The molecule has 1 fully saturated rings. The second-order valence-corrected chi connectivity index (χ2v) is 5.10. The van der Waals surface area contributed by atoms with Gasteiger partial charge in [-0.25, -0.2) is 0 Å². The van der Waals surface area contributed by atoms with Crippen LogP contribution in [0.25, 0.3) is 0 Å². The molecule has 19 heavy (non-hydrogen) atoms. The molecule has 2 amide bonds. The summed E-state index contributed by atoms with van der Waals surface area (Å²) in [6, 6.07) is 3.38. The first-order valence-electron chi connectivity index (χ1n) is 6.71. The van der Waals surface area contributed by atoms with E-state index in [0.717, 1.165) is 13.0 Å². The highest BCUT2D eigenvalue weighted by atomic mass is 16.3. The smallest absolute Gasteiger partial charge is 0.289 e. The van der Waals surface area contributed by atoms with Crippen molar-refractivity contribution in [1.82, 2.24) is 9.80 Å². The average molecular weight is 264 g/mol. The Kier molecular flexibility index (Phi) is 4.24. The first-order chi connectivity index (χ1) is 9.09. The van der Waals surface area contributed by atoms with Crippen molar-refractivity contribution >= 4 is 11.8 Å². The van der Waals surface area contributed by atoms with Crippen molar-refractivity contribution < 1.29 is 14.0 Å². The van der Waals surface area contributed by atoms with Crippen LogP contribution in [-0.2, 0) is 4.79 Å². The van der Waals surface area contributed by atoms with Crippen LogP contribution in [0.15, 0.2) is 22.8 Å². The normalized spacial score (nSPS) is 16.6. The van der Waals surface area contributed by atoms with E-state index >= 15 is 0 Å². The number of hydrogen-bond donors (Lipinski definition) is 0. The molecule has 0 N–H and O–H groups in total. The Morgan fingerprint density at radius 2 is 1.84 bits per heavy atom. The summed E-state index contributed by atoms with van der Waals surface area (Å²) in [7, 11) is 0. The predicted molar refractivity (Wildman–Crippen MR) is 70.6 cm³/mol. The van der Waals surface area contributed by atoms with Crippen LogP contribution in [0, 0.1) is 5.92 Å². The molecule has 0 atom stereocenters. The van der Waals surface area contributed by atoms with E-state index < -0.39 is 0 Å². The number of amides is 2. The third kappa shape index (κ3) is 3.16. The molecule has 1 aromatic heterocycles. The van der Waals surface area contributed by atoms with Gasteiger partial charge in [0, 0.05) is 32.1 Å². The van der Waals surface area contributed by atoms with Gasteiger partial charge in [0.05, 0.1) is 6.26 Å². The number of carbonyl (C=O) groups excluding carboxylic acids is 2. The van der Waals surface area contributed by atoms with Crippen LogP contribution in [0.5, 0.6) is 0 Å². The van der Waals surface area contributed by atoms with Crippen molar-refractivity contribution in [2.75, 3.05) is 26.2 Å². The summed E-state index contributed by atoms with van der Waals surface area (Å²) in [6.07, 6.45) is 2.31. The monoisotopic (exact) mass is 264 g/mol. The van der Waals surface area contributed by atoms with Crippen LogP contribution >= 0.6 is 0 Å². The van der Waals surface area contributed by atoms with Gasteiger partial charge in [0.25, 0.3) is 5.91 Å². The lowest BCUT2D eigenvalue weighted by Gasteiger charge is -2.23. The van der Waals surface area contributed by atoms with E-state index in [1.165, 1.54) is 6.26 Å². The molecule has 1 aromatic rings. The van der Waals surface area contributed by atoms with Crippen molar-refractivity contribution in [2.24, 2.45) is 5.92 Å². The summed E-state index contributed by atoms with van der Waals surface area (Å²) in [5.41, 5.74) is 0. The van der Waals surface area contributed by atoms with Gasteiger partial charge in [-0.2, -0.15) is 0 Å². The Hall–Kier alpha value is -1.78. The highest BCUT2D eigenvalue weighted by Gasteiger charge is 2.24. The first-order valence-corrected chi connectivity index (χ1v) is 6.71. The van der Waals surface area contributed by atoms with Crippen molar-refractivity contribution in [2.45, 2.75) is 20.3 Å². The molecule has 5 heteroatoms. The van der Waals surface area contributed by atoms with Gasteiger partial charge in [0.2, 0.25) is 5.91 Å². The fourth-order valence-electron chi connectivity index (χ4n) is 2.26. The number of carbonyl (C=O) groups is 2. The summed E-state index contributed by atoms with van der Waals surface area (Å²) in [5.74, 6) is 0.437. The van der Waals surface area contributed by atoms with Gasteiger partial charge in [-0.15, -0.1) is 0 Å². The molecule has 0 aliphatic carbocycles. The van der Waals surface area contributed by atoms with Crippen LogP contribution in [-0.4, -0.2) is 47.8 Å². The average Bonchev–Trinajstić information content (AvgIpc) is 2.81. The number of furan rings is 1. The zero-order valence-electron chi connectivity index (χ0n) is 11.5. The summed E-state index contributed by atoms with van der Waals surface area (Å²) < 4.78 is 5.13. The minimum Gasteiger partial charge on any atom is -0.459 e. The first kappa shape index (κ1) is 13.6. The summed E-state index contributed by atoms with van der Waals surface area (Å²) >= 11 is 0. The van der Waals surface area contributed by atoms with E-state index in [4.69, 9.17) is 4.42 Å². The minimum absolute atomic E-state index is 0.00678. The maximum absolute atomic E-state index is 12.2. The van der Waals surface area contributed by atoms with Crippen LogP contribution in [0.1, 0.15) is 30.8 Å². The van der Waals surface area contributed by atoms with Crippen LogP contribution < -0.4 is 0 Å². The predicted octanol–water partition coefficient (Wildman–Crippen LogP) is 1.61. The Morgan fingerprint density at radius 1 is 1.16 bits per heavy atom. The molecule has 1 aliphatic heterocycles. The van der Waals surface area contributed by atoms with Gasteiger partial charge < -0.3 is 14.2 Å². The highest BCUT2D eigenvalue weighted by Crippen LogP contribution is 2.11. The quantitative estimate of drug-likeness (QED) is 0.815. The van der Waals surface area contributed by atoms with Gasteiger partial charge in [-0.05, 0) is 18.6 Å². The molecule has 0 radical (unpaired) electrons. The molecule has 5 nitrogen and oxygen atoms in total. The zero-order chi connectivity index (χ0) is 13.8. The fraction of sp³-hybridized carbons (Fsp3) is 0.571. The third-order valence-electron chi connectivity index (χ3n) is 3.32. The second-order valence-electron chi connectivity index (χ2n) is 5.10. The second kappa shape index (κ2) is 5.91. The van der Waals surface area contributed by atoms with E-state index in [9.17, 15) is 9.59 Å². The van der Waals surface area contributed by atoms with Gasteiger partial charge in [-0.3, -0.25) is 9.59 Å². The Balaban J connectivity index is 1.97. The molecule has 0 aromatic carbocycles. The lowest BCUT2D eigenvalue weighted by Crippen LogP contribution is -2.38. The maximum Gasteiger partial charge on any atom is 0.289 e. The van der Waals surface area contributed by atoms with Gasteiger partial charge >= 0.3 is 0 Å². The van der Waals surface area contributed by atoms with E-state index in [-0.39, 0.29) is 17.7 Å². The maximum atomic E-state index is 12.2. The van der Waals surface area contributed by atoms with Crippen LogP contribution in [0.2, 0.25) is 0 Å². The molecule has 1 saturated heterocycles. The number of nitrogens with zero attached hydrogens (tertiary/aromatic N) is 2. The molecule has 104 valence electrons. The molecular formula is C14H20N2O3. The summed E-state index contributed by atoms with van der Waals surface area (Å²) in [5, 5.41) is 0. The van der Waals surface area contributed by atoms with Gasteiger partial charge in [0.15, 0.2) is 5.76 Å². The SMILES string of the molecule is CC(C)C(=O)N1CCCN(C(=O)c2ccco2)CC1. The molecule has 0 spiro atoms. The third-order valence-corrected chi connectivity index (χ3v) is 3.32. The molecule has 2 rings (SSSR count). The summed E-state index contributed by atoms with van der Waals surface area (Å²) in [6.45, 7) is 6.36. The highest BCUT2D eigenvalue weighted by molar-refractivity contribution is 5.91. The lowest BCUT2D eigenvalue weighted by atomic mass is 10.2. The van der Waals surface area contributed by atoms with Gasteiger partial charge in [-0.1, -0.05) is 13.8 Å². The Morgan fingerprint density at radius 3 is 2.47 bits per heavy atom. The van der Waals surface area contributed by atoms with Gasteiger partial charge in [0.1, 0.15) is 0 Å². The minimum atomic E-state index is -0.0937. The zero-order valence-corrected chi connectivity index (χ0v) is 11.5. The standard InChI is InChI=1S/C14H20N2O3/c1-11(2)13(17)15-6-4-7-16(9-8-15)14(18)12-5-3-10-19-12/h3,5,10-11H,4,6-9H2,1-2H3.